The van der Waals surface area contributed by atoms with Crippen molar-refractivity contribution in [3.8, 4) is 0 Å². The highest BCUT2D eigenvalue weighted by Crippen LogP contribution is 2.34. The van der Waals surface area contributed by atoms with E-state index in [4.69, 9.17) is 4.98 Å². The average Bonchev–Trinajstić information content (AvgIpc) is 3.32. The Labute approximate surface area is 205 Å². The summed E-state index contributed by atoms with van der Waals surface area (Å²) in [6, 6.07) is 10.3. The summed E-state index contributed by atoms with van der Waals surface area (Å²) in [5.74, 6) is -0.711. The predicted molar refractivity (Wildman–Crippen MR) is 133 cm³/mol. The van der Waals surface area contributed by atoms with Crippen molar-refractivity contribution < 1.29 is 14.7 Å². The minimum Gasteiger partial charge on any atom is -0.481 e. The fraction of sp³-hybridized carbons (Fsp3) is 0.577. The van der Waals surface area contributed by atoms with Crippen LogP contribution in [-0.2, 0) is 29.1 Å². The van der Waals surface area contributed by atoms with Gasteiger partial charge in [-0.3, -0.25) is 9.59 Å². The van der Waals surface area contributed by atoms with Crippen LogP contribution in [0.25, 0.3) is 0 Å². The molecule has 1 aromatic carbocycles. The molecule has 0 atom stereocenters. The molecule has 3 heterocycles. The van der Waals surface area contributed by atoms with Gasteiger partial charge in [-0.15, -0.1) is 11.3 Å². The van der Waals surface area contributed by atoms with Gasteiger partial charge in [-0.2, -0.15) is 0 Å². The number of carbonyl (C=O) groups is 2. The fourth-order valence-electron chi connectivity index (χ4n) is 5.60. The molecule has 2 N–H and O–H groups in total. The maximum atomic E-state index is 13.8. The molecule has 7 nitrogen and oxygen atoms in total. The van der Waals surface area contributed by atoms with Gasteiger partial charge in [-0.05, 0) is 44.1 Å². The zero-order chi connectivity index (χ0) is 23.5. The standard InChI is InChI=1S/C26H34N4O3S/c31-24(19-11-14-29(15-12-19)26-28-22-10-13-27-16-23(22)34-26)30(17-18-4-2-1-3-5-18)21-8-6-20(7-9-21)25(32)33/h1-5,19-21,27H,6-17H2,(H,32,33)/t20-,21-. The smallest absolute Gasteiger partial charge is 0.306 e. The van der Waals surface area contributed by atoms with E-state index in [9.17, 15) is 14.7 Å². The fourth-order valence-corrected chi connectivity index (χ4v) is 6.73. The molecule has 0 bridgehead atoms. The van der Waals surface area contributed by atoms with E-state index in [1.165, 1.54) is 10.6 Å². The van der Waals surface area contributed by atoms with Crippen LogP contribution in [0.3, 0.4) is 0 Å². The Morgan fingerprint density at radius 1 is 1.06 bits per heavy atom. The summed E-state index contributed by atoms with van der Waals surface area (Å²) in [6.07, 6.45) is 5.54. The zero-order valence-electron chi connectivity index (χ0n) is 19.6. The van der Waals surface area contributed by atoms with Crippen molar-refractivity contribution in [2.24, 2.45) is 11.8 Å². The summed E-state index contributed by atoms with van der Waals surface area (Å²) in [7, 11) is 0. The maximum Gasteiger partial charge on any atom is 0.306 e. The second-order valence-electron chi connectivity index (χ2n) is 9.85. The third-order valence-electron chi connectivity index (χ3n) is 7.67. The molecule has 0 radical (unpaired) electrons. The molecule has 3 aliphatic rings. The minimum absolute atomic E-state index is 0.0217. The highest BCUT2D eigenvalue weighted by atomic mass is 32.1. The Morgan fingerprint density at radius 2 is 1.79 bits per heavy atom. The molecular weight excluding hydrogens is 448 g/mol. The number of nitrogens with one attached hydrogen (secondary N) is 1. The predicted octanol–water partition coefficient (Wildman–Crippen LogP) is 3.68. The number of carboxylic acid groups (broad SMARTS) is 1. The SMILES string of the molecule is O=C(C1CCN(c2nc3c(s2)CNCC3)CC1)N(Cc1ccccc1)[C@H]1CC[C@H](C(=O)O)CC1. The van der Waals surface area contributed by atoms with Crippen molar-refractivity contribution in [3.63, 3.8) is 0 Å². The lowest BCUT2D eigenvalue weighted by atomic mass is 9.84. The first-order valence-electron chi connectivity index (χ1n) is 12.6. The molecule has 1 amide bonds. The van der Waals surface area contributed by atoms with Crippen LogP contribution in [0.2, 0.25) is 0 Å². The van der Waals surface area contributed by atoms with Crippen LogP contribution in [0, 0.1) is 11.8 Å². The van der Waals surface area contributed by atoms with Crippen molar-refractivity contribution >= 4 is 28.3 Å². The van der Waals surface area contributed by atoms with Gasteiger partial charge in [0.05, 0.1) is 11.6 Å². The van der Waals surface area contributed by atoms with Gasteiger partial charge in [0.1, 0.15) is 0 Å². The third kappa shape index (κ3) is 5.13. The molecule has 8 heteroatoms. The van der Waals surface area contributed by atoms with Crippen LogP contribution in [0.4, 0.5) is 5.13 Å². The van der Waals surface area contributed by atoms with E-state index in [0.29, 0.717) is 19.4 Å². The van der Waals surface area contributed by atoms with Crippen LogP contribution < -0.4 is 10.2 Å². The molecule has 0 spiro atoms. The van der Waals surface area contributed by atoms with Gasteiger partial charge < -0.3 is 20.2 Å². The second kappa shape index (κ2) is 10.4. The van der Waals surface area contributed by atoms with Crippen LogP contribution in [0.15, 0.2) is 30.3 Å². The monoisotopic (exact) mass is 482 g/mol. The number of nitrogens with zero attached hydrogens (tertiary/aromatic N) is 3. The van der Waals surface area contributed by atoms with Crippen LogP contribution in [-0.4, -0.2) is 52.5 Å². The molecular formula is C26H34N4O3S. The topological polar surface area (TPSA) is 85.8 Å². The van der Waals surface area contributed by atoms with E-state index < -0.39 is 5.97 Å². The van der Waals surface area contributed by atoms with E-state index in [1.807, 2.05) is 18.2 Å². The van der Waals surface area contributed by atoms with Crippen LogP contribution >= 0.6 is 11.3 Å². The first kappa shape index (κ1) is 23.3. The van der Waals surface area contributed by atoms with E-state index in [0.717, 1.165) is 69.0 Å². The van der Waals surface area contributed by atoms with Crippen molar-refractivity contribution in [3.05, 3.63) is 46.5 Å². The second-order valence-corrected chi connectivity index (χ2v) is 10.9. The van der Waals surface area contributed by atoms with Crippen molar-refractivity contribution in [1.29, 1.82) is 0 Å². The number of aromatic nitrogens is 1. The van der Waals surface area contributed by atoms with E-state index in [2.05, 4.69) is 27.2 Å². The Morgan fingerprint density at radius 3 is 2.47 bits per heavy atom. The Bertz CT molecular complexity index is 971. The number of hydrogen-bond acceptors (Lipinski definition) is 6. The molecule has 5 rings (SSSR count). The van der Waals surface area contributed by atoms with Crippen molar-refractivity contribution in [2.45, 2.75) is 64.1 Å². The van der Waals surface area contributed by atoms with E-state index in [1.54, 1.807) is 11.3 Å². The van der Waals surface area contributed by atoms with Gasteiger partial charge >= 0.3 is 5.97 Å². The molecule has 0 unspecified atom stereocenters. The summed E-state index contributed by atoms with van der Waals surface area (Å²) < 4.78 is 0. The highest BCUT2D eigenvalue weighted by molar-refractivity contribution is 7.15. The van der Waals surface area contributed by atoms with Gasteiger partial charge in [0, 0.05) is 56.0 Å². The van der Waals surface area contributed by atoms with Gasteiger partial charge in [0.15, 0.2) is 5.13 Å². The van der Waals surface area contributed by atoms with Gasteiger partial charge in [0.2, 0.25) is 5.91 Å². The molecule has 1 saturated heterocycles. The number of carboxylic acids is 1. The number of carbonyl (C=O) groups excluding carboxylic acids is 1. The molecule has 2 aromatic rings. The van der Waals surface area contributed by atoms with E-state index in [-0.39, 0.29) is 23.8 Å². The number of rotatable bonds is 6. The molecule has 34 heavy (non-hydrogen) atoms. The van der Waals surface area contributed by atoms with Gasteiger partial charge in [0.25, 0.3) is 0 Å². The van der Waals surface area contributed by atoms with E-state index >= 15 is 0 Å². The maximum absolute atomic E-state index is 13.8. The number of hydrogen-bond donors (Lipinski definition) is 2. The van der Waals surface area contributed by atoms with Crippen LogP contribution in [0.1, 0.15) is 54.7 Å². The van der Waals surface area contributed by atoms with Crippen LogP contribution in [0.5, 0.6) is 0 Å². The number of piperidine rings is 1. The molecule has 1 aromatic heterocycles. The molecule has 182 valence electrons. The lowest BCUT2D eigenvalue weighted by Gasteiger charge is -2.40. The summed E-state index contributed by atoms with van der Waals surface area (Å²) in [5, 5.41) is 13.9. The van der Waals surface area contributed by atoms with Gasteiger partial charge in [-0.25, -0.2) is 4.98 Å². The summed E-state index contributed by atoms with van der Waals surface area (Å²) in [4.78, 5) is 35.9. The number of aliphatic carboxylic acids is 1. The first-order chi connectivity index (χ1) is 16.6. The number of fused-ring (bicyclic) bond motifs is 1. The third-order valence-corrected chi connectivity index (χ3v) is 8.83. The Hall–Kier alpha value is -2.45. The quantitative estimate of drug-likeness (QED) is 0.653. The summed E-state index contributed by atoms with van der Waals surface area (Å²) >= 11 is 1.79. The van der Waals surface area contributed by atoms with Crippen molar-refractivity contribution in [1.82, 2.24) is 15.2 Å². The minimum atomic E-state index is -0.702. The summed E-state index contributed by atoms with van der Waals surface area (Å²) in [6.45, 7) is 4.25. The normalized spacial score (nSPS) is 23.4. The van der Waals surface area contributed by atoms with Crippen molar-refractivity contribution in [2.75, 3.05) is 24.5 Å². The molecule has 1 aliphatic carbocycles. The molecule has 1 saturated carbocycles. The first-order valence-corrected chi connectivity index (χ1v) is 13.4. The zero-order valence-corrected chi connectivity index (χ0v) is 20.4. The lowest BCUT2D eigenvalue weighted by molar-refractivity contribution is -0.144. The Balaban J connectivity index is 1.25. The molecule has 2 aliphatic heterocycles. The number of thiazole rings is 1. The highest BCUT2D eigenvalue weighted by Gasteiger charge is 2.36. The Kier molecular flexibility index (Phi) is 7.15. The molecule has 2 fully saturated rings. The van der Waals surface area contributed by atoms with Gasteiger partial charge in [-0.1, -0.05) is 30.3 Å². The summed E-state index contributed by atoms with van der Waals surface area (Å²) in [5.41, 5.74) is 2.37. The number of benzene rings is 1. The average molecular weight is 483 g/mol. The largest absolute Gasteiger partial charge is 0.481 e. The number of amides is 1. The number of anilines is 1. The lowest BCUT2D eigenvalue weighted by Crippen LogP contribution is -2.47.